The molecule has 3 heteroatoms. The molecule has 0 fully saturated rings. The number of benzene rings is 1. The van der Waals surface area contributed by atoms with Crippen LogP contribution in [0.3, 0.4) is 0 Å². The number of para-hydroxylation sites is 2. The van der Waals surface area contributed by atoms with E-state index in [1.807, 2.05) is 12.1 Å². The molecular weight excluding hydrogens is 139 g/mol. The molecule has 0 saturated carbocycles. The van der Waals surface area contributed by atoms with Crippen LogP contribution >= 0.6 is 0 Å². The Morgan fingerprint density at radius 3 is 1.56 bits per heavy atom. The van der Waals surface area contributed by atoms with Crippen molar-refractivity contribution in [2.75, 3.05) is 11.5 Å². The maximum absolute atomic E-state index is 5.39. The van der Waals surface area contributed by atoms with Gasteiger partial charge in [0.05, 0.1) is 11.4 Å². The van der Waals surface area contributed by atoms with E-state index in [9.17, 15) is 0 Å². The molecule has 2 nitrogen and oxygen atoms in total. The van der Waals surface area contributed by atoms with Gasteiger partial charge in [0.15, 0.2) is 0 Å². The van der Waals surface area contributed by atoms with Crippen molar-refractivity contribution in [3.63, 3.8) is 0 Å². The minimum absolute atomic E-state index is 0. The van der Waals surface area contributed by atoms with Crippen molar-refractivity contribution < 1.29 is 52.8 Å². The van der Waals surface area contributed by atoms with Gasteiger partial charge in [0, 0.05) is 0 Å². The van der Waals surface area contributed by atoms with Crippen LogP contribution in [0.25, 0.3) is 0 Å². The van der Waals surface area contributed by atoms with Crippen LogP contribution in [0.5, 0.6) is 0 Å². The summed E-state index contributed by atoms with van der Waals surface area (Å²) >= 11 is 0. The van der Waals surface area contributed by atoms with Gasteiger partial charge in [-0.1, -0.05) is 12.1 Å². The molecule has 0 aliphatic carbocycles. The zero-order valence-electron chi connectivity index (χ0n) is 6.46. The van der Waals surface area contributed by atoms with E-state index in [1.165, 1.54) is 0 Å². The monoisotopic (exact) mass is 148 g/mol. The molecular formula is C6H9KN2. The first kappa shape index (κ1) is 9.46. The molecule has 0 bridgehead atoms. The summed E-state index contributed by atoms with van der Waals surface area (Å²) in [6, 6.07) is 7.25. The Bertz CT molecular complexity index is 172. The first-order valence-corrected chi connectivity index (χ1v) is 2.40. The van der Waals surface area contributed by atoms with E-state index < -0.39 is 0 Å². The second-order valence-corrected chi connectivity index (χ2v) is 1.63. The molecule has 1 aromatic carbocycles. The molecule has 0 aromatic heterocycles. The van der Waals surface area contributed by atoms with Crippen LogP contribution in [0.2, 0.25) is 0 Å². The first-order chi connectivity index (χ1) is 3.80. The summed E-state index contributed by atoms with van der Waals surface area (Å²) in [6.45, 7) is 0. The summed E-state index contributed by atoms with van der Waals surface area (Å²) < 4.78 is 0. The van der Waals surface area contributed by atoms with Gasteiger partial charge in [0.2, 0.25) is 0 Å². The molecule has 44 valence electrons. The molecule has 0 atom stereocenters. The average Bonchev–Trinajstić information content (AvgIpc) is 1.77. The summed E-state index contributed by atoms with van der Waals surface area (Å²) in [5, 5.41) is 0. The molecule has 0 radical (unpaired) electrons. The van der Waals surface area contributed by atoms with Crippen LogP contribution in [0, 0.1) is 0 Å². The fourth-order valence-electron chi connectivity index (χ4n) is 0.511. The zero-order chi connectivity index (χ0) is 5.98. The van der Waals surface area contributed by atoms with E-state index >= 15 is 0 Å². The number of hydrogen-bond acceptors (Lipinski definition) is 2. The molecule has 0 aliphatic heterocycles. The van der Waals surface area contributed by atoms with Crippen molar-refractivity contribution in [2.24, 2.45) is 0 Å². The number of rotatable bonds is 0. The number of hydrogen-bond donors (Lipinski definition) is 2. The van der Waals surface area contributed by atoms with E-state index in [0.717, 1.165) is 0 Å². The second-order valence-electron chi connectivity index (χ2n) is 1.63. The smallest absolute Gasteiger partial charge is 1.00 e. The van der Waals surface area contributed by atoms with Gasteiger partial charge < -0.3 is 12.9 Å². The molecule has 0 heterocycles. The summed E-state index contributed by atoms with van der Waals surface area (Å²) in [5.41, 5.74) is 12.1. The van der Waals surface area contributed by atoms with Gasteiger partial charge in [-0.25, -0.2) is 0 Å². The topological polar surface area (TPSA) is 52.0 Å². The van der Waals surface area contributed by atoms with E-state index in [0.29, 0.717) is 11.4 Å². The van der Waals surface area contributed by atoms with Crippen LogP contribution in [0.15, 0.2) is 24.3 Å². The molecule has 0 spiro atoms. The van der Waals surface area contributed by atoms with E-state index in [-0.39, 0.29) is 52.8 Å². The SMILES string of the molecule is Nc1ccccc1N.[H-].[K+]. The largest absolute Gasteiger partial charge is 1.00 e. The van der Waals surface area contributed by atoms with E-state index in [1.54, 1.807) is 12.1 Å². The first-order valence-electron chi connectivity index (χ1n) is 2.40. The Labute approximate surface area is 98.5 Å². The predicted molar refractivity (Wildman–Crippen MR) is 36.4 cm³/mol. The van der Waals surface area contributed by atoms with Gasteiger partial charge in [-0.3, -0.25) is 0 Å². The van der Waals surface area contributed by atoms with Gasteiger partial charge in [0.1, 0.15) is 0 Å². The van der Waals surface area contributed by atoms with Crippen molar-refractivity contribution in [2.45, 2.75) is 0 Å². The Kier molecular flexibility index (Phi) is 4.52. The molecule has 0 aliphatic rings. The second kappa shape index (κ2) is 4.30. The Morgan fingerprint density at radius 1 is 1.00 bits per heavy atom. The van der Waals surface area contributed by atoms with Crippen LogP contribution in [0.1, 0.15) is 1.43 Å². The third-order valence-electron chi connectivity index (χ3n) is 0.996. The Balaban J connectivity index is 0. The average molecular weight is 148 g/mol. The summed E-state index contributed by atoms with van der Waals surface area (Å²) in [6.07, 6.45) is 0. The molecule has 9 heavy (non-hydrogen) atoms. The molecule has 1 rings (SSSR count). The fraction of sp³-hybridized carbons (Fsp3) is 0. The number of nitrogens with two attached hydrogens (primary N) is 2. The van der Waals surface area contributed by atoms with Crippen molar-refractivity contribution >= 4 is 11.4 Å². The number of anilines is 2. The Morgan fingerprint density at radius 2 is 1.33 bits per heavy atom. The maximum atomic E-state index is 5.39. The van der Waals surface area contributed by atoms with Gasteiger partial charge in [-0.15, -0.1) is 0 Å². The minimum atomic E-state index is 0. The van der Waals surface area contributed by atoms with Gasteiger partial charge in [-0.2, -0.15) is 0 Å². The standard InChI is InChI=1S/C6H8N2.K.H/c7-5-3-1-2-4-6(5)8;;/h1-4H,7-8H2;;/q;+1;-1. The summed E-state index contributed by atoms with van der Waals surface area (Å²) in [5.74, 6) is 0. The third-order valence-corrected chi connectivity index (χ3v) is 0.996. The van der Waals surface area contributed by atoms with Gasteiger partial charge in [-0.05, 0) is 12.1 Å². The van der Waals surface area contributed by atoms with Gasteiger partial charge >= 0.3 is 51.4 Å². The van der Waals surface area contributed by atoms with Crippen molar-refractivity contribution in [1.82, 2.24) is 0 Å². The molecule has 4 N–H and O–H groups in total. The Hall–Kier alpha value is 0.456. The normalized spacial score (nSPS) is 8.00. The molecule has 0 amide bonds. The fourth-order valence-corrected chi connectivity index (χ4v) is 0.511. The molecule has 0 saturated heterocycles. The third kappa shape index (κ3) is 2.69. The van der Waals surface area contributed by atoms with Crippen LogP contribution < -0.4 is 62.9 Å². The van der Waals surface area contributed by atoms with Crippen molar-refractivity contribution in [3.8, 4) is 0 Å². The van der Waals surface area contributed by atoms with Crippen LogP contribution in [-0.4, -0.2) is 0 Å². The molecule has 1 aromatic rings. The molecule has 0 unspecified atom stereocenters. The van der Waals surface area contributed by atoms with E-state index in [4.69, 9.17) is 11.5 Å². The predicted octanol–water partition coefficient (Wildman–Crippen LogP) is -2.03. The number of nitrogen functional groups attached to an aromatic ring is 2. The van der Waals surface area contributed by atoms with Crippen molar-refractivity contribution in [1.29, 1.82) is 0 Å². The quantitative estimate of drug-likeness (QED) is 0.329. The minimum Gasteiger partial charge on any atom is -1.00 e. The summed E-state index contributed by atoms with van der Waals surface area (Å²) in [4.78, 5) is 0. The van der Waals surface area contributed by atoms with Gasteiger partial charge in [0.25, 0.3) is 0 Å². The van der Waals surface area contributed by atoms with E-state index in [2.05, 4.69) is 0 Å². The summed E-state index contributed by atoms with van der Waals surface area (Å²) in [7, 11) is 0. The van der Waals surface area contributed by atoms with Crippen LogP contribution in [0.4, 0.5) is 11.4 Å². The zero-order valence-corrected chi connectivity index (χ0v) is 8.59. The van der Waals surface area contributed by atoms with Crippen LogP contribution in [-0.2, 0) is 0 Å². The van der Waals surface area contributed by atoms with Crippen molar-refractivity contribution in [3.05, 3.63) is 24.3 Å². The maximum Gasteiger partial charge on any atom is 1.00 e.